The predicted molar refractivity (Wildman–Crippen MR) is 158 cm³/mol. The van der Waals surface area contributed by atoms with Gasteiger partial charge in [-0.15, -0.1) is 0 Å². The molecule has 1 saturated carbocycles. The van der Waals surface area contributed by atoms with Gasteiger partial charge in [0.05, 0.1) is 30.2 Å². The Bertz CT molecular complexity index is 1660. The number of methoxy groups -OCH3 is 1. The Morgan fingerprint density at radius 3 is 2.42 bits per heavy atom. The Labute approximate surface area is 247 Å². The number of rotatable bonds is 10. The van der Waals surface area contributed by atoms with Gasteiger partial charge in [0.1, 0.15) is 23.1 Å². The number of amides is 2. The van der Waals surface area contributed by atoms with Gasteiger partial charge in [-0.25, -0.2) is 13.2 Å². The van der Waals surface area contributed by atoms with Gasteiger partial charge in [-0.2, -0.15) is 4.98 Å². The lowest BCUT2D eigenvalue weighted by Gasteiger charge is -2.45. The van der Waals surface area contributed by atoms with Crippen LogP contribution in [0.4, 0.5) is 19.0 Å². The van der Waals surface area contributed by atoms with Crippen molar-refractivity contribution in [2.45, 2.75) is 45.1 Å². The number of furan rings is 1. The number of carbonyl (C=O) groups is 2. The van der Waals surface area contributed by atoms with Crippen LogP contribution in [0.3, 0.4) is 0 Å². The molecule has 0 spiro atoms. The van der Waals surface area contributed by atoms with Crippen molar-refractivity contribution < 1.29 is 31.9 Å². The van der Waals surface area contributed by atoms with Gasteiger partial charge in [0, 0.05) is 23.7 Å². The highest BCUT2D eigenvalue weighted by molar-refractivity contribution is 6.11. The van der Waals surface area contributed by atoms with E-state index in [1.54, 1.807) is 24.3 Å². The molecule has 1 aliphatic rings. The molecule has 43 heavy (non-hydrogen) atoms. The SMILES string of the molecule is CCC1CC(C)(NC(=O)c2cc(-c3cc4c(C(=O)NC)c(-c5ccc(F)cc5)oc4nc3NCC(F)F)ccc2OC)C1. The Balaban J connectivity index is 1.65. The van der Waals surface area contributed by atoms with Crippen LogP contribution in [0.1, 0.15) is 53.8 Å². The summed E-state index contributed by atoms with van der Waals surface area (Å²) >= 11 is 0. The molecule has 0 atom stereocenters. The van der Waals surface area contributed by atoms with Crippen molar-refractivity contribution in [1.29, 1.82) is 0 Å². The van der Waals surface area contributed by atoms with Crippen LogP contribution in [0.2, 0.25) is 0 Å². The molecule has 0 saturated heterocycles. The van der Waals surface area contributed by atoms with Gasteiger partial charge in [-0.3, -0.25) is 9.59 Å². The molecule has 11 heteroatoms. The Morgan fingerprint density at radius 1 is 1.09 bits per heavy atom. The fraction of sp³-hybridized carbons (Fsp3) is 0.344. The van der Waals surface area contributed by atoms with Crippen LogP contribution < -0.4 is 20.7 Å². The molecule has 0 unspecified atom stereocenters. The van der Waals surface area contributed by atoms with Crippen molar-refractivity contribution in [1.82, 2.24) is 15.6 Å². The van der Waals surface area contributed by atoms with E-state index in [9.17, 15) is 22.8 Å². The summed E-state index contributed by atoms with van der Waals surface area (Å²) in [5.41, 5.74) is 1.38. The van der Waals surface area contributed by atoms with Gasteiger partial charge in [0.15, 0.2) is 0 Å². The number of benzene rings is 2. The smallest absolute Gasteiger partial charge is 0.255 e. The van der Waals surface area contributed by atoms with Crippen LogP contribution in [-0.4, -0.2) is 49.5 Å². The summed E-state index contributed by atoms with van der Waals surface area (Å²) in [6.45, 7) is 3.44. The summed E-state index contributed by atoms with van der Waals surface area (Å²) in [4.78, 5) is 31.0. The zero-order chi connectivity index (χ0) is 30.9. The second-order valence-corrected chi connectivity index (χ2v) is 11.0. The van der Waals surface area contributed by atoms with Crippen molar-refractivity contribution >= 4 is 28.7 Å². The van der Waals surface area contributed by atoms with Gasteiger partial charge in [0.25, 0.3) is 18.2 Å². The topological polar surface area (TPSA) is 105 Å². The molecule has 3 N–H and O–H groups in total. The van der Waals surface area contributed by atoms with Crippen LogP contribution in [-0.2, 0) is 0 Å². The quantitative estimate of drug-likeness (QED) is 0.190. The minimum Gasteiger partial charge on any atom is -0.496 e. The Hall–Kier alpha value is -4.54. The highest BCUT2D eigenvalue weighted by Crippen LogP contribution is 2.41. The number of aromatic nitrogens is 1. The van der Waals surface area contributed by atoms with E-state index in [-0.39, 0.29) is 39.9 Å². The lowest BCUT2D eigenvalue weighted by Crippen LogP contribution is -2.55. The minimum absolute atomic E-state index is 0.0216. The molecule has 2 aromatic heterocycles. The highest BCUT2D eigenvalue weighted by Gasteiger charge is 2.40. The molecule has 1 aliphatic carbocycles. The molecule has 2 amide bonds. The number of alkyl halides is 2. The third-order valence-corrected chi connectivity index (χ3v) is 7.89. The molecule has 226 valence electrons. The van der Waals surface area contributed by atoms with E-state index in [2.05, 4.69) is 27.9 Å². The van der Waals surface area contributed by atoms with Crippen molar-refractivity contribution in [3.8, 4) is 28.2 Å². The number of halogens is 3. The van der Waals surface area contributed by atoms with Crippen molar-refractivity contribution in [2.24, 2.45) is 5.92 Å². The van der Waals surface area contributed by atoms with Crippen LogP contribution in [0, 0.1) is 11.7 Å². The lowest BCUT2D eigenvalue weighted by atomic mass is 9.68. The summed E-state index contributed by atoms with van der Waals surface area (Å²) in [6, 6.07) is 11.9. The van der Waals surface area contributed by atoms with Crippen molar-refractivity contribution in [3.63, 3.8) is 0 Å². The van der Waals surface area contributed by atoms with Crippen LogP contribution in [0.5, 0.6) is 5.75 Å². The fourth-order valence-electron chi connectivity index (χ4n) is 5.71. The number of hydrogen-bond donors (Lipinski definition) is 3. The number of nitrogens with one attached hydrogen (secondary N) is 3. The van der Waals surface area contributed by atoms with Gasteiger partial charge < -0.3 is 25.1 Å². The average Bonchev–Trinajstić information content (AvgIpc) is 3.36. The normalized spacial score (nSPS) is 17.9. The van der Waals surface area contributed by atoms with E-state index in [1.165, 1.54) is 38.4 Å². The van der Waals surface area contributed by atoms with Crippen molar-refractivity contribution in [2.75, 3.05) is 26.0 Å². The van der Waals surface area contributed by atoms with Crippen LogP contribution in [0.25, 0.3) is 33.6 Å². The standard InChI is InChI=1S/C32H33F3N4O4/c1-5-17-14-32(2,15-17)39-29(40)22-12-19(8-11-24(22)42-4)21-13-23-26(30(41)36-3)27(18-6-9-20(33)10-7-18)43-31(23)38-28(21)37-16-25(34)35/h6-13,17,25H,5,14-16H2,1-4H3,(H,36,41)(H,37,38)(H,39,40). The number of fused-ring (bicyclic) bond motifs is 1. The minimum atomic E-state index is -2.68. The number of anilines is 1. The molecule has 0 radical (unpaired) electrons. The molecule has 4 aromatic rings. The number of carbonyl (C=O) groups excluding carboxylic acids is 2. The van der Waals surface area contributed by atoms with Gasteiger partial charge in [-0.1, -0.05) is 19.4 Å². The van der Waals surface area contributed by atoms with Crippen LogP contribution in [0.15, 0.2) is 52.9 Å². The first kappa shape index (κ1) is 29.9. The average molecular weight is 595 g/mol. The summed E-state index contributed by atoms with van der Waals surface area (Å²) in [5, 5.41) is 8.69. The molecule has 5 rings (SSSR count). The predicted octanol–water partition coefficient (Wildman–Crippen LogP) is 6.65. The second-order valence-electron chi connectivity index (χ2n) is 11.0. The Kier molecular flexibility index (Phi) is 8.34. The number of nitrogens with zero attached hydrogens (tertiary/aromatic N) is 1. The molecule has 0 bridgehead atoms. The monoisotopic (exact) mass is 594 g/mol. The van der Waals surface area contributed by atoms with E-state index in [0.717, 1.165) is 19.3 Å². The lowest BCUT2D eigenvalue weighted by molar-refractivity contribution is 0.0735. The van der Waals surface area contributed by atoms with E-state index >= 15 is 0 Å². The van der Waals surface area contributed by atoms with E-state index in [0.29, 0.717) is 33.7 Å². The number of hydrogen-bond acceptors (Lipinski definition) is 6. The first-order valence-corrected chi connectivity index (χ1v) is 14.0. The van der Waals surface area contributed by atoms with Crippen molar-refractivity contribution in [3.05, 3.63) is 65.5 Å². The van der Waals surface area contributed by atoms with Gasteiger partial charge in [-0.05, 0) is 73.7 Å². The zero-order valence-corrected chi connectivity index (χ0v) is 24.3. The highest BCUT2D eigenvalue weighted by atomic mass is 19.3. The maximum absolute atomic E-state index is 13.6. The maximum atomic E-state index is 13.6. The summed E-state index contributed by atoms with van der Waals surface area (Å²) in [6.07, 6.45) is 0.117. The molecule has 2 aromatic carbocycles. The third kappa shape index (κ3) is 6.02. The van der Waals surface area contributed by atoms with E-state index in [4.69, 9.17) is 9.15 Å². The third-order valence-electron chi connectivity index (χ3n) is 7.89. The summed E-state index contributed by atoms with van der Waals surface area (Å²) < 4.78 is 51.7. The van der Waals surface area contributed by atoms with Gasteiger partial charge in [0.2, 0.25) is 5.71 Å². The first-order chi connectivity index (χ1) is 20.6. The largest absolute Gasteiger partial charge is 0.496 e. The molecule has 2 heterocycles. The molecular formula is C32H33F3N4O4. The first-order valence-electron chi connectivity index (χ1n) is 14.0. The fourth-order valence-corrected chi connectivity index (χ4v) is 5.71. The molecule has 1 fully saturated rings. The Morgan fingerprint density at radius 2 is 1.79 bits per heavy atom. The molecular weight excluding hydrogens is 561 g/mol. The molecule has 8 nitrogen and oxygen atoms in total. The zero-order valence-electron chi connectivity index (χ0n) is 24.3. The second kappa shape index (κ2) is 12.0. The summed E-state index contributed by atoms with van der Waals surface area (Å²) in [5.74, 6) is -0.134. The number of pyridine rings is 1. The maximum Gasteiger partial charge on any atom is 0.255 e. The van der Waals surface area contributed by atoms with Gasteiger partial charge >= 0.3 is 0 Å². The van der Waals surface area contributed by atoms with E-state index < -0.39 is 24.7 Å². The summed E-state index contributed by atoms with van der Waals surface area (Å²) in [7, 11) is 2.92. The van der Waals surface area contributed by atoms with E-state index in [1.807, 2.05) is 6.92 Å². The number of ether oxygens (including phenoxy) is 1. The molecule has 0 aliphatic heterocycles. The van der Waals surface area contributed by atoms with Crippen LogP contribution >= 0.6 is 0 Å².